The van der Waals surface area contributed by atoms with Gasteiger partial charge >= 0.3 is 9.28 Å². The van der Waals surface area contributed by atoms with E-state index in [9.17, 15) is 0 Å². The lowest BCUT2D eigenvalue weighted by molar-refractivity contribution is 0.103. The monoisotopic (exact) mass is 298 g/mol. The van der Waals surface area contributed by atoms with Crippen LogP contribution in [-0.4, -0.2) is 22.5 Å². The minimum atomic E-state index is -1.61. The standard InChI is InChI=1S/C17H34O2Si/c1-5-18-20(19-6-2)17(14(3)12-13-15(17)4)16-10-8-7-9-11-16/h14-16,20H,5-13H2,1-4H3. The molecule has 0 aliphatic heterocycles. The predicted molar refractivity (Wildman–Crippen MR) is 87.2 cm³/mol. The first-order valence-electron chi connectivity index (χ1n) is 8.91. The third-order valence-electron chi connectivity index (χ3n) is 6.10. The zero-order valence-electron chi connectivity index (χ0n) is 14.0. The number of hydrogen-bond donors (Lipinski definition) is 0. The first kappa shape index (κ1) is 16.5. The lowest BCUT2D eigenvalue weighted by atomic mass is 9.72. The van der Waals surface area contributed by atoms with Crippen LogP contribution in [0.1, 0.15) is 72.6 Å². The van der Waals surface area contributed by atoms with Crippen molar-refractivity contribution in [2.45, 2.75) is 77.7 Å². The minimum absolute atomic E-state index is 0.395. The van der Waals surface area contributed by atoms with E-state index in [-0.39, 0.29) is 0 Å². The molecule has 0 spiro atoms. The summed E-state index contributed by atoms with van der Waals surface area (Å²) in [5, 5.41) is 0.395. The smallest absolute Gasteiger partial charge is 0.328 e. The highest BCUT2D eigenvalue weighted by atomic mass is 28.3. The maximum absolute atomic E-state index is 6.28. The Kier molecular flexibility index (Phi) is 6.12. The molecular formula is C17H34O2Si. The van der Waals surface area contributed by atoms with Crippen LogP contribution in [0.5, 0.6) is 0 Å². The molecule has 2 nitrogen and oxygen atoms in total. The third kappa shape index (κ3) is 2.86. The number of hydrogen-bond acceptors (Lipinski definition) is 2. The molecule has 0 aromatic rings. The van der Waals surface area contributed by atoms with Crippen LogP contribution in [0.3, 0.4) is 0 Å². The predicted octanol–water partition coefficient (Wildman–Crippen LogP) is 4.67. The minimum Gasteiger partial charge on any atom is -0.396 e. The normalized spacial score (nSPS) is 35.9. The van der Waals surface area contributed by atoms with Gasteiger partial charge in [0.1, 0.15) is 0 Å². The fourth-order valence-corrected chi connectivity index (χ4v) is 8.45. The summed E-state index contributed by atoms with van der Waals surface area (Å²) < 4.78 is 12.6. The Morgan fingerprint density at radius 1 is 0.850 bits per heavy atom. The van der Waals surface area contributed by atoms with Crippen molar-refractivity contribution in [3.63, 3.8) is 0 Å². The fourth-order valence-electron chi connectivity index (χ4n) is 5.19. The van der Waals surface area contributed by atoms with Gasteiger partial charge in [0, 0.05) is 18.3 Å². The zero-order valence-corrected chi connectivity index (χ0v) is 15.1. The lowest BCUT2D eigenvalue weighted by Crippen LogP contribution is -2.48. The van der Waals surface area contributed by atoms with Crippen molar-refractivity contribution in [2.24, 2.45) is 17.8 Å². The summed E-state index contributed by atoms with van der Waals surface area (Å²) in [6, 6.07) is 0. The quantitative estimate of drug-likeness (QED) is 0.664. The molecule has 0 bridgehead atoms. The second-order valence-electron chi connectivity index (χ2n) is 6.96. The Hall–Kier alpha value is 0.137. The molecule has 0 N–H and O–H groups in total. The number of rotatable bonds is 6. The van der Waals surface area contributed by atoms with Gasteiger partial charge in [-0.05, 0) is 31.6 Å². The van der Waals surface area contributed by atoms with Crippen molar-refractivity contribution in [2.75, 3.05) is 13.2 Å². The maximum Gasteiger partial charge on any atom is 0.328 e. The van der Waals surface area contributed by atoms with Crippen LogP contribution in [0.2, 0.25) is 5.04 Å². The summed E-state index contributed by atoms with van der Waals surface area (Å²) in [7, 11) is -1.61. The van der Waals surface area contributed by atoms with Gasteiger partial charge < -0.3 is 8.85 Å². The second-order valence-corrected chi connectivity index (χ2v) is 9.29. The van der Waals surface area contributed by atoms with Crippen molar-refractivity contribution in [3.05, 3.63) is 0 Å². The van der Waals surface area contributed by atoms with Gasteiger partial charge in [-0.1, -0.05) is 58.8 Å². The molecule has 0 radical (unpaired) electrons. The average Bonchev–Trinajstić information content (AvgIpc) is 2.76. The van der Waals surface area contributed by atoms with Crippen molar-refractivity contribution >= 4 is 9.28 Å². The average molecular weight is 299 g/mol. The van der Waals surface area contributed by atoms with E-state index >= 15 is 0 Å². The van der Waals surface area contributed by atoms with E-state index < -0.39 is 9.28 Å². The molecule has 0 aromatic heterocycles. The Morgan fingerprint density at radius 2 is 1.35 bits per heavy atom. The van der Waals surface area contributed by atoms with Crippen molar-refractivity contribution in [3.8, 4) is 0 Å². The van der Waals surface area contributed by atoms with E-state index in [1.165, 1.54) is 44.9 Å². The van der Waals surface area contributed by atoms with E-state index in [1.54, 1.807) is 0 Å². The molecule has 20 heavy (non-hydrogen) atoms. The van der Waals surface area contributed by atoms with Crippen LogP contribution in [0.15, 0.2) is 0 Å². The Balaban J connectivity index is 2.30. The lowest BCUT2D eigenvalue weighted by Gasteiger charge is -2.49. The molecule has 3 heteroatoms. The summed E-state index contributed by atoms with van der Waals surface area (Å²) in [5.74, 6) is 2.43. The van der Waals surface area contributed by atoms with Crippen LogP contribution < -0.4 is 0 Å². The molecule has 0 saturated heterocycles. The van der Waals surface area contributed by atoms with Gasteiger partial charge in [0.15, 0.2) is 0 Å². The molecule has 0 aromatic carbocycles. The SMILES string of the molecule is CCO[SiH](OCC)C1(C2CCCCC2)C(C)CCC1C. The van der Waals surface area contributed by atoms with Crippen molar-refractivity contribution < 1.29 is 8.85 Å². The fraction of sp³-hybridized carbons (Fsp3) is 1.00. The molecular weight excluding hydrogens is 264 g/mol. The zero-order chi connectivity index (χ0) is 14.6. The first-order chi connectivity index (χ1) is 9.67. The largest absolute Gasteiger partial charge is 0.396 e. The summed E-state index contributed by atoms with van der Waals surface area (Å²) >= 11 is 0. The summed E-state index contributed by atoms with van der Waals surface area (Å²) in [6.07, 6.45) is 9.86. The van der Waals surface area contributed by atoms with Crippen molar-refractivity contribution in [1.82, 2.24) is 0 Å². The van der Waals surface area contributed by atoms with Crippen LogP contribution in [0.4, 0.5) is 0 Å². The molecule has 2 rings (SSSR count). The topological polar surface area (TPSA) is 18.5 Å². The van der Waals surface area contributed by atoms with Crippen molar-refractivity contribution in [1.29, 1.82) is 0 Å². The van der Waals surface area contributed by atoms with E-state index in [0.29, 0.717) is 5.04 Å². The van der Waals surface area contributed by atoms with Gasteiger partial charge in [0.05, 0.1) is 0 Å². The highest BCUT2D eigenvalue weighted by Gasteiger charge is 2.58. The summed E-state index contributed by atoms with van der Waals surface area (Å²) in [6.45, 7) is 10.9. The van der Waals surface area contributed by atoms with E-state index in [0.717, 1.165) is 31.0 Å². The summed E-state index contributed by atoms with van der Waals surface area (Å²) in [5.41, 5.74) is 0. The van der Waals surface area contributed by atoms with E-state index in [2.05, 4.69) is 27.7 Å². The van der Waals surface area contributed by atoms with Gasteiger partial charge in [-0.15, -0.1) is 0 Å². The Bertz CT molecular complexity index is 273. The van der Waals surface area contributed by atoms with Crippen LogP contribution in [0, 0.1) is 17.8 Å². The molecule has 2 aliphatic carbocycles. The summed E-state index contributed by atoms with van der Waals surface area (Å²) in [4.78, 5) is 0. The molecule has 2 unspecified atom stereocenters. The van der Waals surface area contributed by atoms with E-state index in [1.807, 2.05) is 0 Å². The van der Waals surface area contributed by atoms with Crippen LogP contribution in [-0.2, 0) is 8.85 Å². The first-order valence-corrected chi connectivity index (χ1v) is 10.4. The Morgan fingerprint density at radius 3 is 1.80 bits per heavy atom. The molecule has 0 heterocycles. The van der Waals surface area contributed by atoms with Crippen LogP contribution >= 0.6 is 0 Å². The maximum atomic E-state index is 6.28. The molecule has 2 fully saturated rings. The van der Waals surface area contributed by atoms with Gasteiger partial charge in [-0.25, -0.2) is 0 Å². The van der Waals surface area contributed by atoms with Gasteiger partial charge in [0.25, 0.3) is 0 Å². The third-order valence-corrected chi connectivity index (χ3v) is 9.79. The molecule has 2 saturated carbocycles. The van der Waals surface area contributed by atoms with E-state index in [4.69, 9.17) is 8.85 Å². The molecule has 2 atom stereocenters. The highest BCUT2D eigenvalue weighted by Crippen LogP contribution is 2.63. The second kappa shape index (κ2) is 7.41. The molecule has 118 valence electrons. The van der Waals surface area contributed by atoms with Gasteiger partial charge in [0.2, 0.25) is 0 Å². The Labute approximate surface area is 127 Å². The van der Waals surface area contributed by atoms with Crippen LogP contribution in [0.25, 0.3) is 0 Å². The molecule has 0 amide bonds. The van der Waals surface area contributed by atoms with Gasteiger partial charge in [-0.2, -0.15) is 0 Å². The highest BCUT2D eigenvalue weighted by molar-refractivity contribution is 6.49. The molecule has 2 aliphatic rings. The van der Waals surface area contributed by atoms with Gasteiger partial charge in [-0.3, -0.25) is 0 Å².